The summed E-state index contributed by atoms with van der Waals surface area (Å²) >= 11 is 0. The van der Waals surface area contributed by atoms with Crippen molar-refractivity contribution < 1.29 is 5.11 Å². The van der Waals surface area contributed by atoms with Crippen molar-refractivity contribution in [2.45, 2.75) is 19.5 Å². The van der Waals surface area contributed by atoms with Gasteiger partial charge in [0.2, 0.25) is 0 Å². The van der Waals surface area contributed by atoms with E-state index >= 15 is 0 Å². The minimum absolute atomic E-state index is 0.275. The van der Waals surface area contributed by atoms with Gasteiger partial charge in [-0.25, -0.2) is 0 Å². The van der Waals surface area contributed by atoms with Crippen molar-refractivity contribution in [1.82, 2.24) is 20.1 Å². The van der Waals surface area contributed by atoms with Crippen molar-refractivity contribution in [1.29, 1.82) is 0 Å². The van der Waals surface area contributed by atoms with Crippen LogP contribution in [0.4, 0.5) is 0 Å². The first-order valence-electron chi connectivity index (χ1n) is 7.79. The van der Waals surface area contributed by atoms with Gasteiger partial charge >= 0.3 is 0 Å². The van der Waals surface area contributed by atoms with E-state index in [-0.39, 0.29) is 5.75 Å². The van der Waals surface area contributed by atoms with Crippen LogP contribution in [-0.4, -0.2) is 26.4 Å². The lowest BCUT2D eigenvalue weighted by molar-refractivity contribution is 0.475. The van der Waals surface area contributed by atoms with Gasteiger partial charge in [-0.1, -0.05) is 0 Å². The van der Waals surface area contributed by atoms with Crippen molar-refractivity contribution >= 4 is 0 Å². The van der Waals surface area contributed by atoms with Crippen LogP contribution in [0.15, 0.2) is 48.8 Å². The first-order valence-corrected chi connectivity index (χ1v) is 7.79. The number of nitrogens with zero attached hydrogens (tertiary/aromatic N) is 3. The Hall–Kier alpha value is -2.66. The maximum absolute atomic E-state index is 9.50. The summed E-state index contributed by atoms with van der Waals surface area (Å²) < 4.78 is 2.10. The number of nitrogens with one attached hydrogen (secondary N) is 1. The van der Waals surface area contributed by atoms with Crippen molar-refractivity contribution in [2.24, 2.45) is 0 Å². The number of hydrogen-bond donors (Lipinski definition) is 2. The summed E-state index contributed by atoms with van der Waals surface area (Å²) in [5, 5.41) is 17.8. The molecule has 116 valence electrons. The number of phenolic OH excluding ortho intramolecular Hbond substituents is 1. The van der Waals surface area contributed by atoms with Crippen molar-refractivity contribution in [2.75, 3.05) is 6.54 Å². The number of aromatic hydroxyl groups is 1. The maximum atomic E-state index is 9.50. The Balaban J connectivity index is 1.77. The molecule has 0 saturated carbocycles. The van der Waals surface area contributed by atoms with E-state index in [1.54, 1.807) is 12.1 Å². The van der Waals surface area contributed by atoms with Crippen LogP contribution in [-0.2, 0) is 19.5 Å². The van der Waals surface area contributed by atoms with Crippen LogP contribution in [0.2, 0.25) is 0 Å². The highest BCUT2D eigenvalue weighted by molar-refractivity contribution is 5.65. The van der Waals surface area contributed by atoms with Crippen molar-refractivity contribution in [3.63, 3.8) is 0 Å². The monoisotopic (exact) mass is 306 g/mol. The molecule has 23 heavy (non-hydrogen) atoms. The van der Waals surface area contributed by atoms with Crippen LogP contribution in [0.25, 0.3) is 11.3 Å². The lowest BCUT2D eigenvalue weighted by Crippen LogP contribution is -2.25. The molecule has 0 amide bonds. The molecular weight excluding hydrogens is 288 g/mol. The molecule has 5 heteroatoms. The number of phenols is 1. The summed E-state index contributed by atoms with van der Waals surface area (Å²) in [5.41, 5.74) is 5.79. The van der Waals surface area contributed by atoms with E-state index in [0.717, 1.165) is 37.3 Å². The average molecular weight is 306 g/mol. The van der Waals surface area contributed by atoms with Gasteiger partial charge in [-0.05, 0) is 42.0 Å². The summed E-state index contributed by atoms with van der Waals surface area (Å²) in [6.45, 7) is 2.56. The Morgan fingerprint density at radius 2 is 1.87 bits per heavy atom. The molecule has 0 bridgehead atoms. The zero-order chi connectivity index (χ0) is 15.6. The Labute approximate surface area is 134 Å². The third-order valence-electron chi connectivity index (χ3n) is 4.23. The first kappa shape index (κ1) is 14.0. The van der Waals surface area contributed by atoms with Gasteiger partial charge in [-0.2, -0.15) is 5.10 Å². The second kappa shape index (κ2) is 5.85. The van der Waals surface area contributed by atoms with Gasteiger partial charge in [-0.3, -0.25) is 9.67 Å². The van der Waals surface area contributed by atoms with E-state index in [9.17, 15) is 5.11 Å². The molecule has 0 aliphatic carbocycles. The zero-order valence-electron chi connectivity index (χ0n) is 12.7. The maximum Gasteiger partial charge on any atom is 0.115 e. The molecule has 1 aliphatic heterocycles. The molecule has 0 radical (unpaired) electrons. The van der Waals surface area contributed by atoms with Gasteiger partial charge in [0, 0.05) is 48.7 Å². The number of benzene rings is 1. The number of rotatable bonds is 3. The minimum Gasteiger partial charge on any atom is -0.508 e. The molecule has 1 aromatic carbocycles. The van der Waals surface area contributed by atoms with Crippen LogP contribution in [0.1, 0.15) is 16.8 Å². The third-order valence-corrected chi connectivity index (χ3v) is 4.23. The Kier molecular flexibility index (Phi) is 3.55. The molecular formula is C18H18N4O. The van der Waals surface area contributed by atoms with Crippen LogP contribution in [0.5, 0.6) is 5.75 Å². The molecule has 0 unspecified atom stereocenters. The summed E-state index contributed by atoms with van der Waals surface area (Å²) in [4.78, 5) is 4.07. The summed E-state index contributed by atoms with van der Waals surface area (Å²) in [7, 11) is 0. The quantitative estimate of drug-likeness (QED) is 0.779. The molecule has 0 spiro atoms. The Morgan fingerprint density at radius 1 is 1.09 bits per heavy atom. The number of hydrogen-bond acceptors (Lipinski definition) is 4. The highest BCUT2D eigenvalue weighted by atomic mass is 16.3. The highest BCUT2D eigenvalue weighted by Crippen LogP contribution is 2.29. The fraction of sp³-hybridized carbons (Fsp3) is 0.222. The normalized spacial score (nSPS) is 13.7. The lowest BCUT2D eigenvalue weighted by Gasteiger charge is -2.15. The van der Waals surface area contributed by atoms with Gasteiger partial charge in [0.25, 0.3) is 0 Å². The molecule has 0 fully saturated rings. The van der Waals surface area contributed by atoms with Gasteiger partial charge in [0.05, 0.1) is 12.2 Å². The molecule has 2 aromatic heterocycles. The van der Waals surface area contributed by atoms with Crippen LogP contribution in [0, 0.1) is 0 Å². The molecule has 4 rings (SSSR count). The van der Waals surface area contributed by atoms with Crippen LogP contribution in [0.3, 0.4) is 0 Å². The molecule has 1 aliphatic rings. The standard InChI is InChI=1S/C18H18N4O/c23-15-3-1-14(2-4-15)18-16-11-20-10-7-17(16)22(21-18)12-13-5-8-19-9-6-13/h1-6,8-9,20,23H,7,10-12H2. The van der Waals surface area contributed by atoms with Crippen LogP contribution < -0.4 is 5.32 Å². The van der Waals surface area contributed by atoms with E-state index in [1.165, 1.54) is 16.8 Å². The van der Waals surface area contributed by atoms with Gasteiger partial charge in [0.15, 0.2) is 0 Å². The van der Waals surface area contributed by atoms with Gasteiger partial charge in [0.1, 0.15) is 5.75 Å². The first-order chi connectivity index (χ1) is 11.3. The van der Waals surface area contributed by atoms with E-state index in [1.807, 2.05) is 36.7 Å². The minimum atomic E-state index is 0.275. The second-order valence-electron chi connectivity index (χ2n) is 5.76. The second-order valence-corrected chi connectivity index (χ2v) is 5.76. The van der Waals surface area contributed by atoms with E-state index in [2.05, 4.69) is 15.0 Å². The number of pyridine rings is 1. The zero-order valence-corrected chi connectivity index (χ0v) is 12.7. The van der Waals surface area contributed by atoms with Gasteiger partial charge < -0.3 is 10.4 Å². The van der Waals surface area contributed by atoms with E-state index < -0.39 is 0 Å². The molecule has 2 N–H and O–H groups in total. The third kappa shape index (κ3) is 2.71. The van der Waals surface area contributed by atoms with Gasteiger partial charge in [-0.15, -0.1) is 0 Å². The summed E-state index contributed by atoms with van der Waals surface area (Å²) in [6, 6.07) is 11.3. The van der Waals surface area contributed by atoms with E-state index in [0.29, 0.717) is 0 Å². The lowest BCUT2D eigenvalue weighted by atomic mass is 10.0. The largest absolute Gasteiger partial charge is 0.508 e. The fourth-order valence-electron chi connectivity index (χ4n) is 3.06. The predicted molar refractivity (Wildman–Crippen MR) is 88.1 cm³/mol. The molecule has 0 saturated heterocycles. The smallest absolute Gasteiger partial charge is 0.115 e. The topological polar surface area (TPSA) is 63.0 Å². The average Bonchev–Trinajstić information content (AvgIpc) is 2.95. The molecule has 5 nitrogen and oxygen atoms in total. The van der Waals surface area contributed by atoms with Crippen molar-refractivity contribution in [3.8, 4) is 17.0 Å². The Bertz CT molecular complexity index is 809. The highest BCUT2D eigenvalue weighted by Gasteiger charge is 2.21. The SMILES string of the molecule is Oc1ccc(-c2nn(Cc3ccncc3)c3c2CNCC3)cc1. The number of fused-ring (bicyclic) bond motifs is 1. The summed E-state index contributed by atoms with van der Waals surface area (Å²) in [6.07, 6.45) is 4.60. The van der Waals surface area contributed by atoms with Crippen molar-refractivity contribution in [3.05, 3.63) is 65.6 Å². The summed E-state index contributed by atoms with van der Waals surface area (Å²) in [5.74, 6) is 0.275. The predicted octanol–water partition coefficient (Wildman–Crippen LogP) is 2.34. The molecule has 0 atom stereocenters. The molecule has 3 heterocycles. The fourth-order valence-corrected chi connectivity index (χ4v) is 3.06. The number of aromatic nitrogens is 3. The van der Waals surface area contributed by atoms with E-state index in [4.69, 9.17) is 5.10 Å². The molecule has 3 aromatic rings. The Morgan fingerprint density at radius 3 is 2.65 bits per heavy atom. The van der Waals surface area contributed by atoms with Crippen LogP contribution >= 0.6 is 0 Å².